The van der Waals surface area contributed by atoms with Crippen molar-refractivity contribution < 1.29 is 22.4 Å². The Labute approximate surface area is 154 Å². The van der Waals surface area contributed by atoms with Gasteiger partial charge >= 0.3 is 6.18 Å². The van der Waals surface area contributed by atoms with Crippen LogP contribution in [0.15, 0.2) is 30.5 Å². The summed E-state index contributed by atoms with van der Waals surface area (Å²) in [5, 5.41) is 6.04. The van der Waals surface area contributed by atoms with Crippen molar-refractivity contribution in [2.45, 2.75) is 31.6 Å². The van der Waals surface area contributed by atoms with Crippen molar-refractivity contribution in [2.24, 2.45) is 7.05 Å². The Hall–Kier alpha value is -2.42. The molecule has 3 rings (SSSR count). The molecule has 1 aliphatic rings. The van der Waals surface area contributed by atoms with Gasteiger partial charge in [-0.1, -0.05) is 12.1 Å². The second-order valence-corrected chi connectivity index (χ2v) is 6.71. The van der Waals surface area contributed by atoms with Crippen LogP contribution in [0.4, 0.5) is 17.6 Å². The van der Waals surface area contributed by atoms with E-state index in [1.807, 2.05) is 0 Å². The van der Waals surface area contributed by atoms with Gasteiger partial charge in [0.25, 0.3) is 5.91 Å². The molecule has 1 fully saturated rings. The lowest BCUT2D eigenvalue weighted by atomic mass is 10.0. The van der Waals surface area contributed by atoms with Crippen LogP contribution in [0.5, 0.6) is 0 Å². The van der Waals surface area contributed by atoms with Crippen molar-refractivity contribution in [3.63, 3.8) is 0 Å². The molecule has 1 saturated heterocycles. The molecule has 9 heteroatoms. The number of carbonyl (C=O) groups excluding carboxylic acids is 1. The molecule has 0 atom stereocenters. The third kappa shape index (κ3) is 4.85. The number of likely N-dealkylation sites (tertiary alicyclic amines) is 1. The normalized spacial score (nSPS) is 16.5. The highest BCUT2D eigenvalue weighted by Crippen LogP contribution is 2.30. The Balaban J connectivity index is 1.55. The lowest BCUT2D eigenvalue weighted by Gasteiger charge is -2.32. The molecule has 5 nitrogen and oxygen atoms in total. The molecule has 1 amide bonds. The van der Waals surface area contributed by atoms with E-state index >= 15 is 0 Å². The van der Waals surface area contributed by atoms with Crippen molar-refractivity contribution in [3.8, 4) is 0 Å². The number of alkyl halides is 3. The SMILES string of the molecule is Cn1cc(C(=O)NC2CCN(Cc3ccc(F)cc3)CC2)c(C(F)(F)F)n1. The van der Waals surface area contributed by atoms with E-state index in [1.54, 1.807) is 12.1 Å². The summed E-state index contributed by atoms with van der Waals surface area (Å²) in [5.41, 5.74) is -0.640. The van der Waals surface area contributed by atoms with Crippen LogP contribution < -0.4 is 5.32 Å². The molecule has 2 heterocycles. The molecular formula is C18H20F4N4O. The molecule has 146 valence electrons. The summed E-state index contributed by atoms with van der Waals surface area (Å²) in [6, 6.07) is 6.08. The molecule has 27 heavy (non-hydrogen) atoms. The number of aryl methyl sites for hydroxylation is 1. The molecule has 1 N–H and O–H groups in total. The van der Waals surface area contributed by atoms with Gasteiger partial charge in [0, 0.05) is 38.9 Å². The maximum atomic E-state index is 13.0. The summed E-state index contributed by atoms with van der Waals surface area (Å²) in [5.74, 6) is -1.04. The second kappa shape index (κ2) is 7.67. The van der Waals surface area contributed by atoms with Gasteiger partial charge in [-0.3, -0.25) is 14.4 Å². The Morgan fingerprint density at radius 2 is 1.85 bits per heavy atom. The van der Waals surface area contributed by atoms with Gasteiger partial charge in [0.05, 0.1) is 5.56 Å². The average Bonchev–Trinajstić information content (AvgIpc) is 3.01. The second-order valence-electron chi connectivity index (χ2n) is 6.71. The highest BCUT2D eigenvalue weighted by molar-refractivity contribution is 5.95. The molecule has 2 aromatic rings. The summed E-state index contributed by atoms with van der Waals surface area (Å²) >= 11 is 0. The monoisotopic (exact) mass is 384 g/mol. The van der Waals surface area contributed by atoms with E-state index in [0.717, 1.165) is 16.4 Å². The van der Waals surface area contributed by atoms with E-state index in [9.17, 15) is 22.4 Å². The lowest BCUT2D eigenvalue weighted by molar-refractivity contribution is -0.141. The molecule has 0 unspecified atom stereocenters. The Bertz CT molecular complexity index is 793. The van der Waals surface area contributed by atoms with Crippen LogP contribution >= 0.6 is 0 Å². The molecule has 0 spiro atoms. The number of hydrogen-bond donors (Lipinski definition) is 1. The van der Waals surface area contributed by atoms with E-state index in [2.05, 4.69) is 15.3 Å². The summed E-state index contributed by atoms with van der Waals surface area (Å²) in [7, 11) is 1.35. The minimum atomic E-state index is -4.67. The van der Waals surface area contributed by atoms with E-state index in [0.29, 0.717) is 32.5 Å². The van der Waals surface area contributed by atoms with Gasteiger partial charge in [0.15, 0.2) is 5.69 Å². The number of piperidine rings is 1. The van der Waals surface area contributed by atoms with Gasteiger partial charge in [0.1, 0.15) is 5.82 Å². The highest BCUT2D eigenvalue weighted by Gasteiger charge is 2.39. The highest BCUT2D eigenvalue weighted by atomic mass is 19.4. The lowest BCUT2D eigenvalue weighted by Crippen LogP contribution is -2.44. The Morgan fingerprint density at radius 1 is 1.22 bits per heavy atom. The molecule has 0 bridgehead atoms. The zero-order valence-corrected chi connectivity index (χ0v) is 14.8. The fraction of sp³-hybridized carbons (Fsp3) is 0.444. The fourth-order valence-corrected chi connectivity index (χ4v) is 3.21. The van der Waals surface area contributed by atoms with Crippen molar-refractivity contribution in [3.05, 3.63) is 53.1 Å². The number of halogens is 4. The number of nitrogens with zero attached hydrogens (tertiary/aromatic N) is 3. The largest absolute Gasteiger partial charge is 0.435 e. The zero-order chi connectivity index (χ0) is 19.6. The number of aromatic nitrogens is 2. The summed E-state index contributed by atoms with van der Waals surface area (Å²) in [6.07, 6.45) is -2.32. The van der Waals surface area contributed by atoms with Crippen LogP contribution in [0, 0.1) is 5.82 Å². The molecule has 0 saturated carbocycles. The first-order valence-corrected chi connectivity index (χ1v) is 8.61. The molecule has 0 radical (unpaired) electrons. The van der Waals surface area contributed by atoms with E-state index < -0.39 is 23.3 Å². The van der Waals surface area contributed by atoms with Crippen LogP contribution in [0.2, 0.25) is 0 Å². The van der Waals surface area contributed by atoms with Crippen LogP contribution in [-0.4, -0.2) is 39.7 Å². The van der Waals surface area contributed by atoms with Gasteiger partial charge in [-0.25, -0.2) is 4.39 Å². The molecular weight excluding hydrogens is 364 g/mol. The molecule has 0 aliphatic carbocycles. The van der Waals surface area contributed by atoms with Crippen LogP contribution in [0.25, 0.3) is 0 Å². The number of rotatable bonds is 4. The third-order valence-electron chi connectivity index (χ3n) is 4.58. The maximum absolute atomic E-state index is 13.0. The van der Waals surface area contributed by atoms with Gasteiger partial charge < -0.3 is 5.32 Å². The van der Waals surface area contributed by atoms with Crippen molar-refractivity contribution in [1.29, 1.82) is 0 Å². The molecule has 1 aliphatic heterocycles. The van der Waals surface area contributed by atoms with Gasteiger partial charge in [-0.2, -0.15) is 18.3 Å². The molecule has 1 aromatic heterocycles. The van der Waals surface area contributed by atoms with Crippen LogP contribution in [0.1, 0.15) is 34.5 Å². The molecule has 1 aromatic carbocycles. The van der Waals surface area contributed by atoms with Crippen LogP contribution in [-0.2, 0) is 19.8 Å². The van der Waals surface area contributed by atoms with Crippen molar-refractivity contribution in [2.75, 3.05) is 13.1 Å². The summed E-state index contributed by atoms with van der Waals surface area (Å²) < 4.78 is 52.9. The van der Waals surface area contributed by atoms with Gasteiger partial charge in [-0.05, 0) is 30.5 Å². The van der Waals surface area contributed by atoms with Gasteiger partial charge in [-0.15, -0.1) is 0 Å². The number of hydrogen-bond acceptors (Lipinski definition) is 3. The Morgan fingerprint density at radius 3 is 2.44 bits per heavy atom. The van der Waals surface area contributed by atoms with E-state index in [4.69, 9.17) is 0 Å². The fourth-order valence-electron chi connectivity index (χ4n) is 3.21. The summed E-state index contributed by atoms with van der Waals surface area (Å²) in [6.45, 7) is 2.06. The van der Waals surface area contributed by atoms with E-state index in [-0.39, 0.29) is 11.9 Å². The topological polar surface area (TPSA) is 50.2 Å². The summed E-state index contributed by atoms with van der Waals surface area (Å²) in [4.78, 5) is 14.5. The van der Waals surface area contributed by atoms with Crippen LogP contribution in [0.3, 0.4) is 0 Å². The standard InChI is InChI=1S/C18H20F4N4O/c1-25-11-15(16(24-25)18(20,21)22)17(27)23-14-6-8-26(9-7-14)10-12-2-4-13(19)5-3-12/h2-5,11,14H,6-10H2,1H3,(H,23,27). The Kier molecular flexibility index (Phi) is 5.50. The predicted molar refractivity (Wildman–Crippen MR) is 90.4 cm³/mol. The predicted octanol–water partition coefficient (Wildman–Crippen LogP) is 2.97. The number of carbonyl (C=O) groups is 1. The average molecular weight is 384 g/mol. The first-order valence-electron chi connectivity index (χ1n) is 8.61. The smallest absolute Gasteiger partial charge is 0.349 e. The minimum Gasteiger partial charge on any atom is -0.349 e. The van der Waals surface area contributed by atoms with Crippen molar-refractivity contribution in [1.82, 2.24) is 20.0 Å². The third-order valence-corrected chi connectivity index (χ3v) is 4.58. The number of amides is 1. The first kappa shape index (κ1) is 19.3. The van der Waals surface area contributed by atoms with E-state index in [1.165, 1.54) is 19.2 Å². The quantitative estimate of drug-likeness (QED) is 0.825. The number of benzene rings is 1. The minimum absolute atomic E-state index is 0.191. The number of nitrogens with one attached hydrogen (secondary N) is 1. The zero-order valence-electron chi connectivity index (χ0n) is 14.8. The van der Waals surface area contributed by atoms with Gasteiger partial charge in [0.2, 0.25) is 0 Å². The van der Waals surface area contributed by atoms with Crippen molar-refractivity contribution >= 4 is 5.91 Å². The first-order chi connectivity index (χ1) is 12.7. The maximum Gasteiger partial charge on any atom is 0.435 e.